The fourth-order valence-corrected chi connectivity index (χ4v) is 4.44. The van der Waals surface area contributed by atoms with Crippen LogP contribution in [-0.4, -0.2) is 24.5 Å². The van der Waals surface area contributed by atoms with Crippen molar-refractivity contribution in [1.29, 1.82) is 0 Å². The minimum Gasteiger partial charge on any atom is -0.490 e. The molecule has 1 N–H and O–H groups in total. The van der Waals surface area contributed by atoms with Gasteiger partial charge in [0.2, 0.25) is 0 Å². The lowest BCUT2D eigenvalue weighted by Gasteiger charge is -2.27. The van der Waals surface area contributed by atoms with Crippen LogP contribution in [0.5, 0.6) is 11.5 Å². The third-order valence-corrected chi connectivity index (χ3v) is 6.13. The average molecular weight is 582 g/mol. The lowest BCUT2D eigenvalue weighted by molar-refractivity contribution is -0.122. The van der Waals surface area contributed by atoms with Crippen molar-refractivity contribution in [2.24, 2.45) is 0 Å². The maximum Gasteiger partial charge on any atom is 0.335 e. The van der Waals surface area contributed by atoms with Gasteiger partial charge in [0.05, 0.1) is 15.9 Å². The van der Waals surface area contributed by atoms with E-state index in [1.807, 2.05) is 43.3 Å². The molecule has 4 amide bonds. The lowest BCUT2D eigenvalue weighted by atomic mass is 10.1. The van der Waals surface area contributed by atoms with E-state index in [0.717, 1.165) is 19.6 Å². The van der Waals surface area contributed by atoms with E-state index in [1.54, 1.807) is 37.3 Å². The number of para-hydroxylation sites is 1. The monoisotopic (exact) mass is 582 g/mol. The first-order valence-corrected chi connectivity index (χ1v) is 12.1. The number of ether oxygens (including phenoxy) is 2. The van der Waals surface area contributed by atoms with Crippen LogP contribution in [0.25, 0.3) is 6.08 Å². The van der Waals surface area contributed by atoms with Crippen molar-refractivity contribution < 1.29 is 23.9 Å². The molecule has 1 aliphatic heterocycles. The maximum absolute atomic E-state index is 13.2. The van der Waals surface area contributed by atoms with Crippen LogP contribution in [0.2, 0.25) is 0 Å². The number of urea groups is 1. The lowest BCUT2D eigenvalue weighted by Crippen LogP contribution is -2.54. The molecular weight excluding hydrogens is 559 g/mol. The molecule has 8 heteroatoms. The molecule has 7 nitrogen and oxygen atoms in total. The predicted molar refractivity (Wildman–Crippen MR) is 141 cm³/mol. The first-order valence-electron chi connectivity index (χ1n) is 11.0. The number of halogens is 1. The molecule has 0 spiro atoms. The molecule has 0 aliphatic carbocycles. The predicted octanol–water partition coefficient (Wildman–Crippen LogP) is 5.24. The molecule has 35 heavy (non-hydrogen) atoms. The summed E-state index contributed by atoms with van der Waals surface area (Å²) in [5.74, 6) is -0.361. The van der Waals surface area contributed by atoms with Crippen LogP contribution >= 0.6 is 22.6 Å². The molecular formula is C27H23IN2O5. The van der Waals surface area contributed by atoms with E-state index in [2.05, 4.69) is 27.9 Å². The van der Waals surface area contributed by atoms with Gasteiger partial charge in [0.15, 0.2) is 11.5 Å². The number of amides is 4. The first-order chi connectivity index (χ1) is 16.9. The van der Waals surface area contributed by atoms with Crippen molar-refractivity contribution in [2.45, 2.75) is 20.5 Å². The summed E-state index contributed by atoms with van der Waals surface area (Å²) in [6, 6.07) is 19.5. The zero-order chi connectivity index (χ0) is 24.9. The van der Waals surface area contributed by atoms with Crippen molar-refractivity contribution in [3.8, 4) is 11.5 Å². The number of hydrogen-bond acceptors (Lipinski definition) is 5. The van der Waals surface area contributed by atoms with E-state index in [1.165, 1.54) is 6.08 Å². The molecule has 1 heterocycles. The molecule has 0 aromatic heterocycles. The number of hydrogen-bond donors (Lipinski definition) is 1. The molecule has 3 aromatic rings. The minimum atomic E-state index is -0.777. The molecule has 3 aromatic carbocycles. The van der Waals surface area contributed by atoms with Gasteiger partial charge in [0.1, 0.15) is 12.2 Å². The van der Waals surface area contributed by atoms with Gasteiger partial charge in [-0.2, -0.15) is 0 Å². The van der Waals surface area contributed by atoms with E-state index in [0.29, 0.717) is 36.0 Å². The fraction of sp³-hybridized carbons (Fsp3) is 0.148. The van der Waals surface area contributed by atoms with Gasteiger partial charge in [-0.3, -0.25) is 14.9 Å². The molecule has 4 rings (SSSR count). The SMILES string of the molecule is CCOc1cc(/C=C2\C(=O)NC(=O)N(c3ccccc3C)C2=O)cc(I)c1OCc1ccccc1. The summed E-state index contributed by atoms with van der Waals surface area (Å²) in [5.41, 5.74) is 2.59. The average Bonchev–Trinajstić information content (AvgIpc) is 2.83. The smallest absolute Gasteiger partial charge is 0.335 e. The summed E-state index contributed by atoms with van der Waals surface area (Å²) in [4.78, 5) is 39.3. The Hall–Kier alpha value is -3.66. The van der Waals surface area contributed by atoms with Gasteiger partial charge < -0.3 is 9.47 Å². The number of benzene rings is 3. The Labute approximate surface area is 216 Å². The van der Waals surface area contributed by atoms with E-state index >= 15 is 0 Å². The molecule has 0 unspecified atom stereocenters. The zero-order valence-electron chi connectivity index (χ0n) is 19.2. The van der Waals surface area contributed by atoms with Crippen LogP contribution < -0.4 is 19.7 Å². The normalized spacial score (nSPS) is 14.8. The third-order valence-electron chi connectivity index (χ3n) is 5.33. The molecule has 178 valence electrons. The van der Waals surface area contributed by atoms with E-state index in [4.69, 9.17) is 9.47 Å². The molecule has 0 atom stereocenters. The number of barbiturate groups is 1. The van der Waals surface area contributed by atoms with Gasteiger partial charge in [-0.05, 0) is 77.4 Å². The van der Waals surface area contributed by atoms with Gasteiger partial charge in [-0.1, -0.05) is 48.5 Å². The molecule has 0 radical (unpaired) electrons. The third kappa shape index (κ3) is 5.37. The summed E-state index contributed by atoms with van der Waals surface area (Å²) in [6.07, 6.45) is 1.46. The number of anilines is 1. The van der Waals surface area contributed by atoms with Crippen LogP contribution in [0, 0.1) is 10.5 Å². The van der Waals surface area contributed by atoms with E-state index in [-0.39, 0.29) is 5.57 Å². The molecule has 1 aliphatic rings. The number of aryl methyl sites for hydroxylation is 1. The second kappa shape index (κ2) is 10.7. The Kier molecular flexibility index (Phi) is 7.50. The van der Waals surface area contributed by atoms with Gasteiger partial charge in [0.25, 0.3) is 11.8 Å². The van der Waals surface area contributed by atoms with Crippen molar-refractivity contribution >= 4 is 52.2 Å². The van der Waals surface area contributed by atoms with E-state index < -0.39 is 17.8 Å². The van der Waals surface area contributed by atoms with Gasteiger partial charge in [0, 0.05) is 0 Å². The van der Waals surface area contributed by atoms with Crippen molar-refractivity contribution in [3.05, 3.63) is 92.6 Å². The highest BCUT2D eigenvalue weighted by Crippen LogP contribution is 2.36. The number of rotatable bonds is 7. The number of carbonyl (C=O) groups excluding carboxylic acids is 3. The largest absolute Gasteiger partial charge is 0.490 e. The highest BCUT2D eigenvalue weighted by Gasteiger charge is 2.37. The van der Waals surface area contributed by atoms with Gasteiger partial charge in [-0.25, -0.2) is 9.69 Å². The fourth-order valence-electron chi connectivity index (χ4n) is 3.66. The molecule has 0 bridgehead atoms. The summed E-state index contributed by atoms with van der Waals surface area (Å²) in [6.45, 7) is 4.43. The Morgan fingerprint density at radius 1 is 0.971 bits per heavy atom. The zero-order valence-corrected chi connectivity index (χ0v) is 21.4. The quantitative estimate of drug-likeness (QED) is 0.234. The molecule has 0 saturated carbocycles. The van der Waals surface area contributed by atoms with Crippen LogP contribution in [0.1, 0.15) is 23.6 Å². The topological polar surface area (TPSA) is 84.9 Å². The van der Waals surface area contributed by atoms with E-state index in [9.17, 15) is 14.4 Å². The highest BCUT2D eigenvalue weighted by molar-refractivity contribution is 14.1. The maximum atomic E-state index is 13.2. The Morgan fingerprint density at radius 2 is 1.69 bits per heavy atom. The number of nitrogens with zero attached hydrogens (tertiary/aromatic N) is 1. The van der Waals surface area contributed by atoms with Crippen LogP contribution in [0.15, 0.2) is 72.3 Å². The highest BCUT2D eigenvalue weighted by atomic mass is 127. The Balaban J connectivity index is 1.68. The summed E-state index contributed by atoms with van der Waals surface area (Å²) < 4.78 is 12.6. The summed E-state index contributed by atoms with van der Waals surface area (Å²) >= 11 is 2.14. The Morgan fingerprint density at radius 3 is 2.40 bits per heavy atom. The Bertz CT molecular complexity index is 1320. The van der Waals surface area contributed by atoms with Gasteiger partial charge in [-0.15, -0.1) is 0 Å². The molecule has 1 saturated heterocycles. The summed E-state index contributed by atoms with van der Waals surface area (Å²) in [7, 11) is 0. The summed E-state index contributed by atoms with van der Waals surface area (Å²) in [5, 5.41) is 2.26. The number of carbonyl (C=O) groups is 3. The van der Waals surface area contributed by atoms with Crippen molar-refractivity contribution in [3.63, 3.8) is 0 Å². The van der Waals surface area contributed by atoms with Crippen molar-refractivity contribution in [1.82, 2.24) is 5.32 Å². The standard InChI is InChI=1S/C27H23IN2O5/c1-3-34-23-15-19(14-21(28)24(23)35-16-18-10-5-4-6-11-18)13-20-25(31)29-27(33)30(26(20)32)22-12-8-7-9-17(22)2/h4-15H,3,16H2,1-2H3,(H,29,31,33)/b20-13+. The van der Waals surface area contributed by atoms with Gasteiger partial charge >= 0.3 is 6.03 Å². The van der Waals surface area contributed by atoms with Crippen LogP contribution in [-0.2, 0) is 16.2 Å². The molecule has 1 fully saturated rings. The second-order valence-electron chi connectivity index (χ2n) is 7.78. The number of nitrogens with one attached hydrogen (secondary N) is 1. The van der Waals surface area contributed by atoms with Crippen molar-refractivity contribution in [2.75, 3.05) is 11.5 Å². The first kappa shape index (κ1) is 24.5. The second-order valence-corrected chi connectivity index (χ2v) is 8.94. The minimum absolute atomic E-state index is 0.149. The van der Waals surface area contributed by atoms with Crippen LogP contribution in [0.4, 0.5) is 10.5 Å². The number of imide groups is 2. The van der Waals surface area contributed by atoms with Crippen LogP contribution in [0.3, 0.4) is 0 Å².